The highest BCUT2D eigenvalue weighted by molar-refractivity contribution is 6.17. The van der Waals surface area contributed by atoms with E-state index in [4.69, 9.17) is 16.3 Å². The Balaban J connectivity index is 1.94. The minimum atomic E-state index is 0.533. The molecule has 1 heterocycles. The van der Waals surface area contributed by atoms with Gasteiger partial charge in [0, 0.05) is 12.5 Å². The Morgan fingerprint density at radius 3 is 2.83 bits per heavy atom. The van der Waals surface area contributed by atoms with Crippen LogP contribution < -0.4 is 0 Å². The van der Waals surface area contributed by atoms with Gasteiger partial charge in [-0.3, -0.25) is 0 Å². The fourth-order valence-corrected chi connectivity index (χ4v) is 1.58. The third-order valence-corrected chi connectivity index (χ3v) is 2.34. The van der Waals surface area contributed by atoms with Crippen molar-refractivity contribution in [1.29, 1.82) is 0 Å². The third-order valence-electron chi connectivity index (χ3n) is 2.12. The molecular weight excluding hydrogens is 172 g/mol. The lowest BCUT2D eigenvalue weighted by Gasteiger charge is -2.05. The predicted molar refractivity (Wildman–Crippen MR) is 52.7 cm³/mol. The van der Waals surface area contributed by atoms with Gasteiger partial charge >= 0.3 is 0 Å². The summed E-state index contributed by atoms with van der Waals surface area (Å²) in [7, 11) is 0. The van der Waals surface area contributed by atoms with Crippen molar-refractivity contribution in [3.8, 4) is 0 Å². The first kappa shape index (κ1) is 10.1. The Morgan fingerprint density at radius 2 is 2.17 bits per heavy atom. The van der Waals surface area contributed by atoms with Crippen molar-refractivity contribution in [3.63, 3.8) is 0 Å². The van der Waals surface area contributed by atoms with Crippen LogP contribution in [0, 0.1) is 0 Å². The van der Waals surface area contributed by atoms with E-state index >= 15 is 0 Å². The van der Waals surface area contributed by atoms with Crippen LogP contribution in [0.4, 0.5) is 0 Å². The summed E-state index contributed by atoms with van der Waals surface area (Å²) in [5.74, 6) is 0.733. The quantitative estimate of drug-likeness (QED) is 0.476. The van der Waals surface area contributed by atoms with Gasteiger partial charge in [-0.05, 0) is 32.1 Å². The zero-order chi connectivity index (χ0) is 8.65. The van der Waals surface area contributed by atoms with Gasteiger partial charge in [-0.15, -0.1) is 11.6 Å². The van der Waals surface area contributed by atoms with Crippen LogP contribution >= 0.6 is 11.6 Å². The summed E-state index contributed by atoms with van der Waals surface area (Å²) in [4.78, 5) is 0. The van der Waals surface area contributed by atoms with Crippen molar-refractivity contribution < 1.29 is 4.74 Å². The molecule has 1 saturated heterocycles. The highest BCUT2D eigenvalue weighted by Crippen LogP contribution is 2.16. The van der Waals surface area contributed by atoms with E-state index in [9.17, 15) is 0 Å². The molecule has 0 aromatic heterocycles. The maximum Gasteiger partial charge on any atom is 0.0579 e. The molecule has 0 aromatic rings. The van der Waals surface area contributed by atoms with Crippen molar-refractivity contribution in [2.75, 3.05) is 12.5 Å². The maximum absolute atomic E-state index is 5.53. The molecule has 1 atom stereocenters. The van der Waals surface area contributed by atoms with E-state index in [0.717, 1.165) is 25.3 Å². The molecule has 0 amide bonds. The number of hydrogen-bond donors (Lipinski definition) is 0. The topological polar surface area (TPSA) is 9.23 Å². The monoisotopic (exact) mass is 188 g/mol. The predicted octanol–water partition coefficient (Wildman–Crippen LogP) is 3.13. The molecule has 1 nitrogen and oxygen atoms in total. The van der Waals surface area contributed by atoms with Crippen LogP contribution in [0.3, 0.4) is 0 Å². The summed E-state index contributed by atoms with van der Waals surface area (Å²) < 4.78 is 5.50. The van der Waals surface area contributed by atoms with E-state index in [1.165, 1.54) is 19.3 Å². The molecule has 0 spiro atoms. The lowest BCUT2D eigenvalue weighted by atomic mass is 10.1. The van der Waals surface area contributed by atoms with Crippen LogP contribution in [0.5, 0.6) is 0 Å². The molecule has 12 heavy (non-hydrogen) atoms. The standard InChI is InChI=1S/C10H17ClO/c11-8-4-2-1-3-6-10-7-5-9-12-10/h1-2,10H,3-9H2. The second-order valence-corrected chi connectivity index (χ2v) is 3.54. The zero-order valence-corrected chi connectivity index (χ0v) is 8.22. The molecule has 0 N–H and O–H groups in total. The summed E-state index contributed by atoms with van der Waals surface area (Å²) in [5, 5.41) is 0. The van der Waals surface area contributed by atoms with E-state index in [1.54, 1.807) is 0 Å². The molecule has 1 aliphatic heterocycles. The first-order valence-corrected chi connectivity index (χ1v) is 5.29. The van der Waals surface area contributed by atoms with E-state index in [0.29, 0.717) is 6.10 Å². The minimum Gasteiger partial charge on any atom is -0.378 e. The van der Waals surface area contributed by atoms with Gasteiger partial charge in [0.1, 0.15) is 0 Å². The zero-order valence-electron chi connectivity index (χ0n) is 7.47. The lowest BCUT2D eigenvalue weighted by molar-refractivity contribution is 0.105. The molecular formula is C10H17ClO. The van der Waals surface area contributed by atoms with Crippen molar-refractivity contribution in [2.24, 2.45) is 0 Å². The average molecular weight is 189 g/mol. The molecule has 0 bridgehead atoms. The smallest absolute Gasteiger partial charge is 0.0579 e. The van der Waals surface area contributed by atoms with Gasteiger partial charge in [-0.1, -0.05) is 12.2 Å². The number of rotatable bonds is 5. The largest absolute Gasteiger partial charge is 0.378 e. The molecule has 1 unspecified atom stereocenters. The second-order valence-electron chi connectivity index (χ2n) is 3.16. The van der Waals surface area contributed by atoms with Gasteiger partial charge in [-0.25, -0.2) is 0 Å². The van der Waals surface area contributed by atoms with Crippen LogP contribution in [0.25, 0.3) is 0 Å². The second kappa shape index (κ2) is 6.50. The van der Waals surface area contributed by atoms with Gasteiger partial charge in [-0.2, -0.15) is 0 Å². The Bertz CT molecular complexity index is 128. The molecule has 70 valence electrons. The van der Waals surface area contributed by atoms with Crippen molar-refractivity contribution >= 4 is 11.6 Å². The number of allylic oxidation sites excluding steroid dienone is 2. The van der Waals surface area contributed by atoms with E-state index < -0.39 is 0 Å². The fourth-order valence-electron chi connectivity index (χ4n) is 1.45. The molecule has 0 radical (unpaired) electrons. The molecule has 0 aliphatic carbocycles. The molecule has 2 heteroatoms. The van der Waals surface area contributed by atoms with Gasteiger partial charge in [0.2, 0.25) is 0 Å². The molecule has 0 saturated carbocycles. The molecule has 1 rings (SSSR count). The van der Waals surface area contributed by atoms with Crippen LogP contribution in [-0.2, 0) is 4.74 Å². The number of alkyl halides is 1. The van der Waals surface area contributed by atoms with Crippen LogP contribution in [0.2, 0.25) is 0 Å². The first-order chi connectivity index (χ1) is 5.93. The molecule has 1 fully saturated rings. The maximum atomic E-state index is 5.53. The third kappa shape index (κ3) is 4.13. The van der Waals surface area contributed by atoms with Crippen LogP contribution in [-0.4, -0.2) is 18.6 Å². The van der Waals surface area contributed by atoms with E-state index in [2.05, 4.69) is 12.2 Å². The van der Waals surface area contributed by atoms with Crippen LogP contribution in [0.1, 0.15) is 32.1 Å². The summed E-state index contributed by atoms with van der Waals surface area (Å²) in [6, 6.07) is 0. The van der Waals surface area contributed by atoms with E-state index in [1.807, 2.05) is 0 Å². The summed E-state index contributed by atoms with van der Waals surface area (Å²) >= 11 is 5.53. The summed E-state index contributed by atoms with van der Waals surface area (Å²) in [6.07, 6.45) is 10.7. The summed E-state index contributed by atoms with van der Waals surface area (Å²) in [6.45, 7) is 0.968. The summed E-state index contributed by atoms with van der Waals surface area (Å²) in [5.41, 5.74) is 0. The van der Waals surface area contributed by atoms with Crippen molar-refractivity contribution in [1.82, 2.24) is 0 Å². The number of ether oxygens (including phenoxy) is 1. The first-order valence-electron chi connectivity index (χ1n) is 4.76. The van der Waals surface area contributed by atoms with Crippen molar-refractivity contribution in [2.45, 2.75) is 38.2 Å². The minimum absolute atomic E-state index is 0.533. The number of halogens is 1. The highest BCUT2D eigenvalue weighted by Gasteiger charge is 2.13. The van der Waals surface area contributed by atoms with Crippen molar-refractivity contribution in [3.05, 3.63) is 12.2 Å². The van der Waals surface area contributed by atoms with Gasteiger partial charge in [0.25, 0.3) is 0 Å². The Labute approximate surface area is 79.7 Å². The van der Waals surface area contributed by atoms with Gasteiger partial charge in [0.05, 0.1) is 6.10 Å². The SMILES string of the molecule is ClCCC=CCCC1CCCO1. The Hall–Kier alpha value is -0.0100. The number of hydrogen-bond acceptors (Lipinski definition) is 1. The molecule has 1 aliphatic rings. The average Bonchev–Trinajstić information content (AvgIpc) is 2.57. The fraction of sp³-hybridized carbons (Fsp3) is 0.800. The van der Waals surface area contributed by atoms with Crippen LogP contribution in [0.15, 0.2) is 12.2 Å². The van der Waals surface area contributed by atoms with Gasteiger partial charge < -0.3 is 4.74 Å². The van der Waals surface area contributed by atoms with E-state index in [-0.39, 0.29) is 0 Å². The van der Waals surface area contributed by atoms with Gasteiger partial charge in [0.15, 0.2) is 0 Å². The lowest BCUT2D eigenvalue weighted by Crippen LogP contribution is -2.02. The Kier molecular flexibility index (Phi) is 5.46. The highest BCUT2D eigenvalue weighted by atomic mass is 35.5. The molecule has 0 aromatic carbocycles. The Morgan fingerprint density at radius 1 is 1.33 bits per heavy atom. The normalized spacial score (nSPS) is 23.9.